The number of benzene rings is 2. The third kappa shape index (κ3) is 5.98. The first kappa shape index (κ1) is 26.7. The van der Waals surface area contributed by atoms with Gasteiger partial charge in [-0.25, -0.2) is 0 Å². The molecule has 2 N–H and O–H groups in total. The Balaban J connectivity index is 0.000000207. The maximum absolute atomic E-state index is 6.05. The van der Waals surface area contributed by atoms with E-state index < -0.39 is 0 Å². The van der Waals surface area contributed by atoms with Crippen LogP contribution in [0.3, 0.4) is 0 Å². The third-order valence-corrected chi connectivity index (χ3v) is 7.71. The van der Waals surface area contributed by atoms with E-state index in [0.29, 0.717) is 0 Å². The molecule has 0 saturated heterocycles. The van der Waals surface area contributed by atoms with Crippen molar-refractivity contribution in [3.63, 3.8) is 0 Å². The van der Waals surface area contributed by atoms with Gasteiger partial charge >= 0.3 is 0 Å². The van der Waals surface area contributed by atoms with E-state index in [1.807, 2.05) is 39.3 Å². The molecule has 194 valence electrons. The van der Waals surface area contributed by atoms with Crippen LogP contribution >= 0.6 is 0 Å². The fourth-order valence-electron chi connectivity index (χ4n) is 5.89. The Hall–Kier alpha value is -3.33. The third-order valence-electron chi connectivity index (χ3n) is 7.71. The van der Waals surface area contributed by atoms with Crippen molar-refractivity contribution < 1.29 is 0 Å². The Kier molecular flexibility index (Phi) is 8.22. The largest absolute Gasteiger partial charge is 0.399 e. The number of nitrogens with two attached hydrogens (primary N) is 1. The summed E-state index contributed by atoms with van der Waals surface area (Å²) < 4.78 is 0. The summed E-state index contributed by atoms with van der Waals surface area (Å²) in [6.45, 7) is 12.9. The lowest BCUT2D eigenvalue weighted by molar-refractivity contribution is 0.484. The number of nitrogen functional groups attached to an aromatic ring is 1. The molecule has 0 aliphatic heterocycles. The zero-order valence-corrected chi connectivity index (χ0v) is 23.6. The minimum Gasteiger partial charge on any atom is -0.399 e. The molecule has 2 aliphatic carbocycles. The molecule has 2 aromatic carbocycles. The minimum atomic E-state index is 0.779. The average molecular weight is 494 g/mol. The van der Waals surface area contributed by atoms with Crippen LogP contribution in [-0.4, -0.2) is 19.1 Å². The Morgan fingerprint density at radius 2 is 1.86 bits per heavy atom. The number of aryl methyl sites for hydroxylation is 1. The summed E-state index contributed by atoms with van der Waals surface area (Å²) in [5.74, 6) is 1.73. The monoisotopic (exact) mass is 493 g/mol. The number of anilines is 2. The minimum absolute atomic E-state index is 0.779. The molecule has 2 unspecified atom stereocenters. The van der Waals surface area contributed by atoms with E-state index in [0.717, 1.165) is 56.6 Å². The van der Waals surface area contributed by atoms with Gasteiger partial charge in [-0.05, 0) is 97.8 Å². The molecule has 0 bridgehead atoms. The van der Waals surface area contributed by atoms with Crippen molar-refractivity contribution in [1.82, 2.24) is 4.98 Å². The standard InChI is InChI=1S/C21H23N3.C13H20/c1-13(2)20-21(24(4)5)18-8-6-7-17(19(18)12-23-20)15-9-14(3)10-16(22)11-15;1-10-7-8-11(2)13-6-4-3-5-12(13)9-10/h6-12H,1,22H2,2-5H3;4,6,10-11H,3,5,7-9H2,1-2H3. The summed E-state index contributed by atoms with van der Waals surface area (Å²) in [6.07, 6.45) is 13.5. The molecule has 1 aromatic heterocycles. The molecule has 3 nitrogen and oxygen atoms in total. The van der Waals surface area contributed by atoms with Crippen LogP contribution in [0, 0.1) is 18.8 Å². The molecular formula is C34H43N3. The van der Waals surface area contributed by atoms with Gasteiger partial charge in [0.05, 0.1) is 11.4 Å². The molecule has 0 radical (unpaired) electrons. The SMILES string of the molecule is C=C(C)c1ncc2c(-c3cc(C)cc(N)c3)cccc2c1N(C)C.CC1CCC(C)C2=C(CCC=C2)C1. The van der Waals surface area contributed by atoms with Gasteiger partial charge in [0.1, 0.15) is 0 Å². The maximum atomic E-state index is 6.05. The topological polar surface area (TPSA) is 42.1 Å². The molecule has 0 amide bonds. The maximum Gasteiger partial charge on any atom is 0.0892 e. The fourth-order valence-corrected chi connectivity index (χ4v) is 5.89. The second kappa shape index (κ2) is 11.4. The van der Waals surface area contributed by atoms with E-state index in [-0.39, 0.29) is 0 Å². The van der Waals surface area contributed by atoms with E-state index in [9.17, 15) is 0 Å². The normalized spacial score (nSPS) is 19.1. The Bertz CT molecular complexity index is 1340. The predicted octanol–water partition coefficient (Wildman–Crippen LogP) is 8.98. The van der Waals surface area contributed by atoms with Gasteiger partial charge in [0, 0.05) is 36.8 Å². The van der Waals surface area contributed by atoms with Gasteiger partial charge in [0.2, 0.25) is 0 Å². The molecule has 3 heteroatoms. The van der Waals surface area contributed by atoms with Crippen LogP contribution in [-0.2, 0) is 0 Å². The number of aromatic nitrogens is 1. The summed E-state index contributed by atoms with van der Waals surface area (Å²) >= 11 is 0. The first-order valence-corrected chi connectivity index (χ1v) is 13.7. The Morgan fingerprint density at radius 1 is 1.08 bits per heavy atom. The van der Waals surface area contributed by atoms with E-state index in [1.165, 1.54) is 37.5 Å². The highest BCUT2D eigenvalue weighted by Gasteiger charge is 2.21. The molecule has 0 spiro atoms. The van der Waals surface area contributed by atoms with Crippen molar-refractivity contribution in [1.29, 1.82) is 0 Å². The average Bonchev–Trinajstić information content (AvgIpc) is 3.00. The quantitative estimate of drug-likeness (QED) is 0.370. The summed E-state index contributed by atoms with van der Waals surface area (Å²) in [6, 6.07) is 12.5. The van der Waals surface area contributed by atoms with Crippen LogP contribution in [0.4, 0.5) is 11.4 Å². The summed E-state index contributed by atoms with van der Waals surface area (Å²) in [5, 5.41) is 2.29. The molecular weight excluding hydrogens is 450 g/mol. The summed E-state index contributed by atoms with van der Waals surface area (Å²) in [5.41, 5.74) is 16.7. The summed E-state index contributed by atoms with van der Waals surface area (Å²) in [7, 11) is 4.08. The lowest BCUT2D eigenvalue weighted by Crippen LogP contribution is -2.12. The van der Waals surface area contributed by atoms with Crippen molar-refractivity contribution in [2.45, 2.75) is 59.8 Å². The van der Waals surface area contributed by atoms with E-state index in [1.54, 1.807) is 11.1 Å². The molecule has 1 heterocycles. The van der Waals surface area contributed by atoms with Gasteiger partial charge in [0.15, 0.2) is 0 Å². The Morgan fingerprint density at radius 3 is 2.57 bits per heavy atom. The second-order valence-corrected chi connectivity index (χ2v) is 11.3. The predicted molar refractivity (Wildman–Crippen MR) is 163 cm³/mol. The van der Waals surface area contributed by atoms with Gasteiger partial charge in [-0.3, -0.25) is 4.98 Å². The lowest BCUT2D eigenvalue weighted by Gasteiger charge is -2.20. The molecule has 5 rings (SSSR count). The van der Waals surface area contributed by atoms with Gasteiger partial charge < -0.3 is 10.6 Å². The molecule has 3 aromatic rings. The van der Waals surface area contributed by atoms with E-state index >= 15 is 0 Å². The first-order chi connectivity index (χ1) is 17.7. The van der Waals surface area contributed by atoms with E-state index in [2.05, 4.69) is 73.7 Å². The zero-order valence-electron chi connectivity index (χ0n) is 23.6. The second-order valence-electron chi connectivity index (χ2n) is 11.3. The number of allylic oxidation sites excluding steroid dienone is 5. The number of pyridine rings is 1. The van der Waals surface area contributed by atoms with Gasteiger partial charge in [0.25, 0.3) is 0 Å². The lowest BCUT2D eigenvalue weighted by atomic mass is 9.88. The van der Waals surface area contributed by atoms with Crippen LogP contribution < -0.4 is 10.6 Å². The number of fused-ring (bicyclic) bond motifs is 1. The van der Waals surface area contributed by atoms with Crippen LogP contribution in [0.1, 0.15) is 64.1 Å². The molecule has 0 fully saturated rings. The summed E-state index contributed by atoms with van der Waals surface area (Å²) in [4.78, 5) is 6.79. The van der Waals surface area contributed by atoms with Crippen molar-refractivity contribution in [2.75, 3.05) is 24.7 Å². The van der Waals surface area contributed by atoms with Gasteiger partial charge in [-0.15, -0.1) is 0 Å². The molecule has 37 heavy (non-hydrogen) atoms. The van der Waals surface area contributed by atoms with Crippen LogP contribution in [0.5, 0.6) is 0 Å². The number of rotatable bonds is 3. The highest BCUT2D eigenvalue weighted by molar-refractivity contribution is 6.05. The van der Waals surface area contributed by atoms with Gasteiger partial charge in [-0.1, -0.05) is 62.4 Å². The first-order valence-electron chi connectivity index (χ1n) is 13.7. The highest BCUT2D eigenvalue weighted by atomic mass is 15.1. The molecule has 0 saturated carbocycles. The van der Waals surface area contributed by atoms with Crippen LogP contribution in [0.15, 0.2) is 72.5 Å². The number of hydrogen-bond donors (Lipinski definition) is 1. The Labute approximate surface area is 223 Å². The van der Waals surface area contributed by atoms with Gasteiger partial charge in [-0.2, -0.15) is 0 Å². The van der Waals surface area contributed by atoms with Crippen LogP contribution in [0.25, 0.3) is 27.5 Å². The van der Waals surface area contributed by atoms with Crippen molar-refractivity contribution in [3.05, 3.63) is 83.7 Å². The number of nitrogens with zero attached hydrogens (tertiary/aromatic N) is 2. The van der Waals surface area contributed by atoms with E-state index in [4.69, 9.17) is 5.73 Å². The van der Waals surface area contributed by atoms with Crippen molar-refractivity contribution in [3.8, 4) is 11.1 Å². The van der Waals surface area contributed by atoms with Crippen LogP contribution in [0.2, 0.25) is 0 Å². The van der Waals surface area contributed by atoms with Crippen molar-refractivity contribution in [2.24, 2.45) is 11.8 Å². The zero-order chi connectivity index (χ0) is 26.7. The molecule has 2 atom stereocenters. The van der Waals surface area contributed by atoms with Crippen molar-refractivity contribution >= 4 is 27.7 Å². The smallest absolute Gasteiger partial charge is 0.0892 e. The number of hydrogen-bond acceptors (Lipinski definition) is 3. The molecule has 2 aliphatic rings. The highest BCUT2D eigenvalue weighted by Crippen LogP contribution is 2.38. The fraction of sp³-hybridized carbons (Fsp3) is 0.382.